The Kier molecular flexibility index (Phi) is 13.9. The number of carbonyl (C=O) groups excluding carboxylic acids is 6. The molecule has 5 amide bonds. The molecule has 4 aliphatic heterocycles. The zero-order valence-corrected chi connectivity index (χ0v) is 32.0. The molecule has 7 rings (SSSR count). The molecule has 1 aliphatic carbocycles. The average Bonchev–Trinajstić information content (AvgIpc) is 3.77. The standard InChI is InChI=1S/C41H51N5O11/c1-2-11-28(36(49)39(51)42-22-31(48)45-34(41(53)54)26-15-7-4-8-16-26)43-38(50)35-37-29-23-46(35)40(52)33(25-13-5-3-6-14-25)44-30(47)21-24-12-9-17-27(20-24)55-19-10-18-32(56-29)57-37/h4,7-9,12,15-17,20,25,28-29,32-35,37H,2-3,5-6,10-11,13-14,18-19,21-23H2,1H3,(H,42,51)(H,43,50)(H,44,47)(H,45,48)(H,53,54)/t28?,29-,32?,33-,34-,35-,37-/m0/s1. The van der Waals surface area contributed by atoms with E-state index in [0.29, 0.717) is 37.2 Å². The number of fused-ring (bicyclic) bond motifs is 7. The Morgan fingerprint density at radius 2 is 1.70 bits per heavy atom. The Morgan fingerprint density at radius 3 is 2.44 bits per heavy atom. The summed E-state index contributed by atoms with van der Waals surface area (Å²) in [6, 6.07) is 10.4. The number of ether oxygens (including phenoxy) is 3. The Hall–Kier alpha value is -5.35. The second-order valence-electron chi connectivity index (χ2n) is 15.0. The largest absolute Gasteiger partial charge is 0.494 e. The lowest BCUT2D eigenvalue weighted by molar-refractivity contribution is -0.151. The molecule has 0 radical (unpaired) electrons. The van der Waals surface area contributed by atoms with E-state index in [1.54, 1.807) is 31.2 Å². The summed E-state index contributed by atoms with van der Waals surface area (Å²) in [6.45, 7) is 1.43. The molecule has 0 spiro atoms. The second kappa shape index (κ2) is 19.2. The van der Waals surface area contributed by atoms with E-state index in [1.807, 2.05) is 18.2 Å². The number of carbonyl (C=O) groups is 7. The first-order chi connectivity index (χ1) is 27.5. The minimum atomic E-state index is -1.38. The lowest BCUT2D eigenvalue weighted by Gasteiger charge is -2.35. The fourth-order valence-electron chi connectivity index (χ4n) is 8.12. The van der Waals surface area contributed by atoms with Gasteiger partial charge in [-0.15, -0.1) is 0 Å². The minimum Gasteiger partial charge on any atom is -0.494 e. The predicted octanol–water partition coefficient (Wildman–Crippen LogP) is 1.70. The van der Waals surface area contributed by atoms with Crippen LogP contribution in [0, 0.1) is 5.92 Å². The Balaban J connectivity index is 1.18. The van der Waals surface area contributed by atoms with Crippen molar-refractivity contribution in [2.45, 2.75) is 114 Å². The highest BCUT2D eigenvalue weighted by Crippen LogP contribution is 2.36. The number of rotatable bonds is 12. The van der Waals surface area contributed by atoms with Crippen LogP contribution < -0.4 is 26.0 Å². The summed E-state index contributed by atoms with van der Waals surface area (Å²) in [7, 11) is 0. The van der Waals surface area contributed by atoms with Gasteiger partial charge in [-0.25, -0.2) is 4.79 Å². The highest BCUT2D eigenvalue weighted by molar-refractivity contribution is 6.38. The third kappa shape index (κ3) is 10.3. The molecule has 306 valence electrons. The molecule has 5 aliphatic rings. The Morgan fingerprint density at radius 1 is 0.930 bits per heavy atom. The van der Waals surface area contributed by atoms with Crippen molar-refractivity contribution in [1.82, 2.24) is 26.2 Å². The van der Waals surface area contributed by atoms with Gasteiger partial charge in [-0.05, 0) is 54.9 Å². The number of nitrogens with zero attached hydrogens (tertiary/aromatic N) is 1. The van der Waals surface area contributed by atoms with Gasteiger partial charge in [0.05, 0.1) is 32.2 Å². The van der Waals surface area contributed by atoms with E-state index in [-0.39, 0.29) is 31.2 Å². The lowest BCUT2D eigenvalue weighted by Crippen LogP contribution is -2.60. The van der Waals surface area contributed by atoms with E-state index < -0.39 is 84.6 Å². The summed E-state index contributed by atoms with van der Waals surface area (Å²) >= 11 is 0. The van der Waals surface area contributed by atoms with Crippen molar-refractivity contribution in [2.75, 3.05) is 19.7 Å². The van der Waals surface area contributed by atoms with E-state index in [0.717, 1.165) is 37.7 Å². The van der Waals surface area contributed by atoms with Gasteiger partial charge in [0.25, 0.3) is 5.91 Å². The van der Waals surface area contributed by atoms with Crippen LogP contribution in [0.1, 0.15) is 81.9 Å². The summed E-state index contributed by atoms with van der Waals surface area (Å²) in [4.78, 5) is 95.0. The third-order valence-electron chi connectivity index (χ3n) is 10.9. The number of benzene rings is 2. The molecular weight excluding hydrogens is 738 g/mol. The van der Waals surface area contributed by atoms with Crippen molar-refractivity contribution in [2.24, 2.45) is 5.92 Å². The minimum absolute atomic E-state index is 0.0107. The smallest absolute Gasteiger partial charge is 0.330 e. The molecule has 4 heterocycles. The van der Waals surface area contributed by atoms with Crippen molar-refractivity contribution in [3.63, 3.8) is 0 Å². The first kappa shape index (κ1) is 41.3. The zero-order valence-electron chi connectivity index (χ0n) is 32.0. The first-order valence-corrected chi connectivity index (χ1v) is 19.8. The Bertz CT molecular complexity index is 1800. The van der Waals surface area contributed by atoms with Crippen molar-refractivity contribution < 1.29 is 52.9 Å². The number of amides is 5. The van der Waals surface area contributed by atoms with Gasteiger partial charge in [0.15, 0.2) is 12.3 Å². The fraction of sp³-hybridized carbons (Fsp3) is 0.537. The number of carboxylic acid groups (broad SMARTS) is 1. The summed E-state index contributed by atoms with van der Waals surface area (Å²) < 4.78 is 18.5. The molecule has 6 bridgehead atoms. The van der Waals surface area contributed by atoms with Crippen molar-refractivity contribution >= 4 is 41.3 Å². The van der Waals surface area contributed by atoms with Crippen LogP contribution in [0.25, 0.3) is 0 Å². The number of hydrogen-bond acceptors (Lipinski definition) is 10. The van der Waals surface area contributed by atoms with Crippen molar-refractivity contribution in [1.29, 1.82) is 0 Å². The van der Waals surface area contributed by atoms with E-state index in [2.05, 4.69) is 21.3 Å². The first-order valence-electron chi connectivity index (χ1n) is 19.8. The number of ketones is 1. The van der Waals surface area contributed by atoms with Gasteiger partial charge in [-0.1, -0.05) is 75.1 Å². The summed E-state index contributed by atoms with van der Waals surface area (Å²) in [5, 5.41) is 19.9. The summed E-state index contributed by atoms with van der Waals surface area (Å²) in [6.07, 6.45) is 3.48. The highest BCUT2D eigenvalue weighted by Gasteiger charge is 2.56. The summed E-state index contributed by atoms with van der Waals surface area (Å²) in [5.74, 6) is -5.41. The monoisotopic (exact) mass is 789 g/mol. The number of nitrogens with one attached hydrogen (secondary N) is 4. The van der Waals surface area contributed by atoms with E-state index >= 15 is 0 Å². The molecule has 16 heteroatoms. The van der Waals surface area contributed by atoms with Gasteiger partial charge < -0.3 is 45.5 Å². The maximum Gasteiger partial charge on any atom is 0.330 e. The van der Waals surface area contributed by atoms with E-state index in [4.69, 9.17) is 14.2 Å². The van der Waals surface area contributed by atoms with Crippen LogP contribution in [0.3, 0.4) is 0 Å². The zero-order chi connectivity index (χ0) is 40.5. The molecule has 2 saturated heterocycles. The molecule has 0 aromatic heterocycles. The van der Waals surface area contributed by atoms with Gasteiger partial charge in [0.1, 0.15) is 30.0 Å². The van der Waals surface area contributed by atoms with Crippen LogP contribution in [0.5, 0.6) is 5.75 Å². The molecule has 57 heavy (non-hydrogen) atoms. The molecule has 1 saturated carbocycles. The molecular formula is C41H51N5O11. The third-order valence-corrected chi connectivity index (χ3v) is 10.9. The van der Waals surface area contributed by atoms with Crippen molar-refractivity contribution in [3.05, 3.63) is 65.7 Å². The molecule has 3 fully saturated rings. The van der Waals surface area contributed by atoms with E-state index in [1.165, 1.54) is 17.0 Å². The van der Waals surface area contributed by atoms with Gasteiger partial charge in [0.2, 0.25) is 29.4 Å². The van der Waals surface area contributed by atoms with Crippen LogP contribution in [-0.4, -0.2) is 108 Å². The molecule has 2 unspecified atom stereocenters. The van der Waals surface area contributed by atoms with Crippen LogP contribution >= 0.6 is 0 Å². The summed E-state index contributed by atoms with van der Waals surface area (Å²) in [5.41, 5.74) is 1.04. The normalized spacial score (nSPS) is 25.0. The van der Waals surface area contributed by atoms with Gasteiger partial charge >= 0.3 is 5.97 Å². The molecule has 2 aromatic carbocycles. The Labute approximate surface area is 330 Å². The fourth-order valence-corrected chi connectivity index (χ4v) is 8.12. The van der Waals surface area contributed by atoms with Gasteiger partial charge in [-0.3, -0.25) is 28.8 Å². The maximum absolute atomic E-state index is 14.7. The maximum atomic E-state index is 14.7. The highest BCUT2D eigenvalue weighted by atomic mass is 16.7. The van der Waals surface area contributed by atoms with Gasteiger partial charge in [0, 0.05) is 6.42 Å². The molecule has 7 atom stereocenters. The molecule has 5 N–H and O–H groups in total. The quantitative estimate of drug-likeness (QED) is 0.195. The second-order valence-corrected chi connectivity index (χ2v) is 15.0. The topological polar surface area (TPSA) is 219 Å². The number of aliphatic carboxylic acids is 1. The van der Waals surface area contributed by atoms with Gasteiger partial charge in [-0.2, -0.15) is 0 Å². The SMILES string of the molecule is CCCC(NC(=O)[C@@H]1[C@H]2OC3CCCOc4cccc(c4)CC(=O)N[C@@H](C4CCCCC4)C(=O)N1C[C@@H]2O3)C(=O)C(=O)NCC(=O)N[C@H](C(=O)O)c1ccccc1. The van der Waals surface area contributed by atoms with E-state index in [9.17, 15) is 38.7 Å². The lowest BCUT2D eigenvalue weighted by atomic mass is 9.83. The predicted molar refractivity (Wildman–Crippen MR) is 202 cm³/mol. The van der Waals surface area contributed by atoms with Crippen LogP contribution in [0.4, 0.5) is 0 Å². The number of hydrogen-bond donors (Lipinski definition) is 5. The van der Waals surface area contributed by atoms with Crippen LogP contribution in [-0.2, 0) is 49.5 Å². The van der Waals surface area contributed by atoms with Crippen LogP contribution in [0.2, 0.25) is 0 Å². The van der Waals surface area contributed by atoms with Crippen molar-refractivity contribution in [3.8, 4) is 5.75 Å². The average molecular weight is 790 g/mol. The van der Waals surface area contributed by atoms with Crippen LogP contribution in [0.15, 0.2) is 54.6 Å². The number of carboxylic acids is 1. The molecule has 16 nitrogen and oxygen atoms in total. The molecule has 2 aromatic rings. The number of Topliss-reactive ketones (excluding diaryl/α,β-unsaturated/α-hetero) is 1.